The first kappa shape index (κ1) is 15.6. The third-order valence-corrected chi connectivity index (χ3v) is 3.08. The largest absolute Gasteiger partial charge is 0.692 e. The Balaban J connectivity index is 0.000000361. The molecule has 0 amide bonds. The highest BCUT2D eigenvalue weighted by Crippen LogP contribution is 2.34. The van der Waals surface area contributed by atoms with Crippen LogP contribution in [0.4, 0.5) is 0 Å². The Hall–Kier alpha value is -1.83. The zero-order chi connectivity index (χ0) is 15.6. The smallest absolute Gasteiger partial charge is 0.325 e. The molecular weight excluding hydrogens is 299 g/mol. The number of nitrogens with zero attached hydrogens (tertiary/aromatic N) is 3. The van der Waals surface area contributed by atoms with Gasteiger partial charge >= 0.3 is 13.9 Å². The molecule has 10 heteroatoms. The van der Waals surface area contributed by atoms with E-state index in [4.69, 9.17) is 14.4 Å². The Kier molecular flexibility index (Phi) is 4.66. The molecule has 2 aromatic heterocycles. The predicted octanol–water partition coefficient (Wildman–Crippen LogP) is 0.260. The van der Waals surface area contributed by atoms with Crippen molar-refractivity contribution in [3.05, 3.63) is 27.2 Å². The molecular formula is C11H16N4O5P+. The van der Waals surface area contributed by atoms with Gasteiger partial charge in [-0.1, -0.05) is 6.92 Å². The van der Waals surface area contributed by atoms with E-state index in [0.29, 0.717) is 11.2 Å². The number of nitrogens with one attached hydrogen (secondary N) is 1. The molecule has 9 nitrogen and oxygen atoms in total. The third kappa shape index (κ3) is 3.44. The molecule has 0 unspecified atom stereocenters. The molecule has 0 aliphatic heterocycles. The van der Waals surface area contributed by atoms with E-state index in [-0.39, 0.29) is 17.3 Å². The van der Waals surface area contributed by atoms with E-state index >= 15 is 0 Å². The number of aromatic nitrogens is 4. The van der Waals surface area contributed by atoms with Gasteiger partial charge < -0.3 is 4.57 Å². The lowest BCUT2D eigenvalue weighted by molar-refractivity contribution is 0.405. The summed E-state index contributed by atoms with van der Waals surface area (Å²) in [7, 11) is -2.87. The van der Waals surface area contributed by atoms with Crippen molar-refractivity contribution in [1.82, 2.24) is 19.1 Å². The standard InChI is InChI=1S/C11H14N4O2.HO3P/c1-2-5-14-6-12-9-8(14)10(16)13-11(17)15(9)7-3-4-7;1-4(2)3/h6-7H,2-5H2,1H3,(H,13,16,17);(H-,1,2,3)/p+1. The van der Waals surface area contributed by atoms with E-state index in [1.54, 1.807) is 10.9 Å². The molecule has 21 heavy (non-hydrogen) atoms. The van der Waals surface area contributed by atoms with Gasteiger partial charge in [0.15, 0.2) is 11.2 Å². The lowest BCUT2D eigenvalue weighted by Gasteiger charge is -2.04. The number of rotatable bonds is 3. The first-order chi connectivity index (χ1) is 9.95. The van der Waals surface area contributed by atoms with Crippen molar-refractivity contribution < 1.29 is 14.4 Å². The number of aryl methyl sites for hydroxylation is 1. The first-order valence-corrected chi connectivity index (χ1v) is 7.66. The van der Waals surface area contributed by atoms with E-state index in [1.807, 2.05) is 11.5 Å². The van der Waals surface area contributed by atoms with Crippen molar-refractivity contribution in [2.24, 2.45) is 0 Å². The van der Waals surface area contributed by atoms with Crippen LogP contribution in [-0.2, 0) is 11.1 Å². The zero-order valence-corrected chi connectivity index (χ0v) is 12.3. The highest BCUT2D eigenvalue weighted by atomic mass is 31.1. The van der Waals surface area contributed by atoms with Crippen molar-refractivity contribution in [1.29, 1.82) is 0 Å². The van der Waals surface area contributed by atoms with Gasteiger partial charge in [-0.15, -0.1) is 9.79 Å². The molecule has 1 fully saturated rings. The molecule has 114 valence electrons. The average molecular weight is 315 g/mol. The second kappa shape index (κ2) is 6.30. The molecule has 0 aromatic carbocycles. The van der Waals surface area contributed by atoms with Crippen LogP contribution in [0, 0.1) is 0 Å². The molecule has 1 aliphatic carbocycles. The summed E-state index contributed by atoms with van der Waals surface area (Å²) < 4.78 is 12.1. The summed E-state index contributed by atoms with van der Waals surface area (Å²) in [5.74, 6) is 0. The number of imidazole rings is 1. The minimum atomic E-state index is -2.87. The molecule has 0 atom stereocenters. The third-order valence-electron chi connectivity index (χ3n) is 3.08. The van der Waals surface area contributed by atoms with Crippen LogP contribution in [0.25, 0.3) is 11.2 Å². The van der Waals surface area contributed by atoms with Gasteiger partial charge in [0.2, 0.25) is 0 Å². The monoisotopic (exact) mass is 315 g/mol. The van der Waals surface area contributed by atoms with Gasteiger partial charge in [-0.25, -0.2) is 9.78 Å². The van der Waals surface area contributed by atoms with Crippen molar-refractivity contribution in [2.75, 3.05) is 0 Å². The van der Waals surface area contributed by atoms with Gasteiger partial charge in [0.25, 0.3) is 5.56 Å². The summed E-state index contributed by atoms with van der Waals surface area (Å²) in [5, 5.41) is 0. The van der Waals surface area contributed by atoms with Crippen LogP contribution in [0.15, 0.2) is 15.9 Å². The van der Waals surface area contributed by atoms with Crippen LogP contribution in [0.3, 0.4) is 0 Å². The Morgan fingerprint density at radius 3 is 2.57 bits per heavy atom. The summed E-state index contributed by atoms with van der Waals surface area (Å²) in [6, 6.07) is 0.215. The fourth-order valence-electron chi connectivity index (χ4n) is 2.17. The maximum atomic E-state index is 11.8. The van der Waals surface area contributed by atoms with E-state index in [0.717, 1.165) is 25.8 Å². The summed E-state index contributed by atoms with van der Waals surface area (Å²) in [6.07, 6.45) is 4.54. The summed E-state index contributed by atoms with van der Waals surface area (Å²) >= 11 is 0. The van der Waals surface area contributed by atoms with Crippen LogP contribution in [0.1, 0.15) is 32.2 Å². The first-order valence-electron chi connectivity index (χ1n) is 6.50. The molecule has 2 heterocycles. The van der Waals surface area contributed by atoms with Crippen molar-refractivity contribution in [2.45, 2.75) is 38.8 Å². The average Bonchev–Trinajstić information content (AvgIpc) is 3.10. The number of hydrogen-bond acceptors (Lipinski definition) is 4. The van der Waals surface area contributed by atoms with Gasteiger partial charge in [-0.2, -0.15) is 0 Å². The lowest BCUT2D eigenvalue weighted by Crippen LogP contribution is -2.30. The highest BCUT2D eigenvalue weighted by Gasteiger charge is 2.28. The van der Waals surface area contributed by atoms with Crippen LogP contribution >= 0.6 is 8.25 Å². The fraction of sp³-hybridized carbons (Fsp3) is 0.545. The Bertz CT molecular complexity index is 769. The van der Waals surface area contributed by atoms with Crippen LogP contribution in [-0.4, -0.2) is 28.9 Å². The highest BCUT2D eigenvalue weighted by molar-refractivity contribution is 7.30. The minimum Gasteiger partial charge on any atom is -0.325 e. The molecule has 0 bridgehead atoms. The van der Waals surface area contributed by atoms with Gasteiger partial charge in [0, 0.05) is 17.2 Å². The molecule has 0 radical (unpaired) electrons. The SMILES string of the molecule is CCCn1cnc2c1c(=O)[nH]c(=O)n2C1CC1.O=[P+](O)O. The Morgan fingerprint density at radius 1 is 1.43 bits per heavy atom. The second-order valence-corrected chi connectivity index (χ2v) is 5.23. The van der Waals surface area contributed by atoms with Crippen molar-refractivity contribution >= 4 is 19.4 Å². The van der Waals surface area contributed by atoms with E-state index < -0.39 is 8.25 Å². The van der Waals surface area contributed by atoms with Crippen LogP contribution in [0.5, 0.6) is 0 Å². The second-order valence-electron chi connectivity index (χ2n) is 4.72. The number of aromatic amines is 1. The normalized spacial score (nSPS) is 13.9. The van der Waals surface area contributed by atoms with E-state index in [1.165, 1.54) is 0 Å². The van der Waals surface area contributed by atoms with Gasteiger partial charge in [0.05, 0.1) is 6.33 Å². The molecule has 1 saturated carbocycles. The number of H-pyrrole nitrogens is 1. The summed E-state index contributed by atoms with van der Waals surface area (Å²) in [4.78, 5) is 44.4. The van der Waals surface area contributed by atoms with Gasteiger partial charge in [-0.05, 0) is 19.3 Å². The quantitative estimate of drug-likeness (QED) is 0.696. The van der Waals surface area contributed by atoms with Gasteiger partial charge in [0.1, 0.15) is 0 Å². The van der Waals surface area contributed by atoms with E-state index in [2.05, 4.69) is 9.97 Å². The predicted molar refractivity (Wildman–Crippen MR) is 75.2 cm³/mol. The lowest BCUT2D eigenvalue weighted by atomic mass is 10.4. The van der Waals surface area contributed by atoms with Gasteiger partial charge in [-0.3, -0.25) is 14.3 Å². The fourth-order valence-corrected chi connectivity index (χ4v) is 2.17. The van der Waals surface area contributed by atoms with Crippen LogP contribution in [0.2, 0.25) is 0 Å². The molecule has 3 rings (SSSR count). The molecule has 3 N–H and O–H groups in total. The molecule has 0 spiro atoms. The maximum absolute atomic E-state index is 11.8. The van der Waals surface area contributed by atoms with Crippen molar-refractivity contribution in [3.63, 3.8) is 0 Å². The summed E-state index contributed by atoms with van der Waals surface area (Å²) in [6.45, 7) is 2.78. The Labute approximate surface area is 119 Å². The summed E-state index contributed by atoms with van der Waals surface area (Å²) in [5.41, 5.74) is 0.354. The maximum Gasteiger partial charge on any atom is 0.692 e. The van der Waals surface area contributed by atoms with E-state index in [9.17, 15) is 9.59 Å². The minimum absolute atomic E-state index is 0.215. The van der Waals surface area contributed by atoms with Crippen molar-refractivity contribution in [3.8, 4) is 0 Å². The number of fused-ring (bicyclic) bond motifs is 1. The molecule has 0 saturated heterocycles. The number of hydrogen-bond donors (Lipinski definition) is 3. The Morgan fingerprint density at radius 2 is 2.05 bits per heavy atom. The molecule has 1 aliphatic rings. The zero-order valence-electron chi connectivity index (χ0n) is 11.4. The molecule has 2 aromatic rings. The topological polar surface area (TPSA) is 130 Å². The van der Waals surface area contributed by atoms with Crippen LogP contribution < -0.4 is 11.2 Å².